The first-order valence-corrected chi connectivity index (χ1v) is 9.80. The number of hydrogen-bond donors (Lipinski definition) is 2. The number of aryl methyl sites for hydroxylation is 1. The highest BCUT2D eigenvalue weighted by Crippen LogP contribution is 2.21. The number of rotatable bonds is 9. The summed E-state index contributed by atoms with van der Waals surface area (Å²) in [6.07, 6.45) is 3.29. The molecule has 2 N–H and O–H groups in total. The van der Waals surface area contributed by atoms with Crippen LogP contribution >= 0.6 is 0 Å². The highest BCUT2D eigenvalue weighted by molar-refractivity contribution is 7.89. The van der Waals surface area contributed by atoms with E-state index in [-0.39, 0.29) is 17.2 Å². The lowest BCUT2D eigenvalue weighted by atomic mass is 10.1. The first-order valence-electron chi connectivity index (χ1n) is 8.31. The lowest BCUT2D eigenvalue weighted by Gasteiger charge is -2.17. The van der Waals surface area contributed by atoms with Crippen LogP contribution in [-0.4, -0.2) is 20.9 Å². The molecule has 0 aliphatic carbocycles. The SMILES string of the molecule is CCCCNC(=O)C[C@@H](NS(=O)(=O)c1ccc(C)cc1)c1ccco1. The summed E-state index contributed by atoms with van der Waals surface area (Å²) >= 11 is 0. The summed E-state index contributed by atoms with van der Waals surface area (Å²) in [5, 5.41) is 2.79. The molecule has 0 aliphatic heterocycles. The number of carbonyl (C=O) groups is 1. The fourth-order valence-corrected chi connectivity index (χ4v) is 3.53. The molecule has 0 bridgehead atoms. The number of hydrogen-bond acceptors (Lipinski definition) is 4. The molecule has 25 heavy (non-hydrogen) atoms. The van der Waals surface area contributed by atoms with Crippen LogP contribution in [0.4, 0.5) is 0 Å². The molecule has 2 rings (SSSR count). The van der Waals surface area contributed by atoms with Gasteiger partial charge in [-0.3, -0.25) is 4.79 Å². The van der Waals surface area contributed by atoms with Crippen LogP contribution in [0.2, 0.25) is 0 Å². The average Bonchev–Trinajstić information content (AvgIpc) is 3.09. The molecule has 1 aromatic carbocycles. The van der Waals surface area contributed by atoms with Gasteiger partial charge in [-0.2, -0.15) is 4.72 Å². The molecular formula is C18H24N2O4S. The maximum Gasteiger partial charge on any atom is 0.241 e. The van der Waals surface area contributed by atoms with Crippen molar-refractivity contribution < 1.29 is 17.6 Å². The van der Waals surface area contributed by atoms with E-state index in [0.29, 0.717) is 12.3 Å². The van der Waals surface area contributed by atoms with Gasteiger partial charge in [0.25, 0.3) is 0 Å². The summed E-state index contributed by atoms with van der Waals surface area (Å²) < 4.78 is 33.1. The molecule has 0 fully saturated rings. The van der Waals surface area contributed by atoms with Gasteiger partial charge < -0.3 is 9.73 Å². The molecule has 1 heterocycles. The maximum atomic E-state index is 12.6. The molecule has 0 radical (unpaired) electrons. The predicted molar refractivity (Wildman–Crippen MR) is 95.5 cm³/mol. The van der Waals surface area contributed by atoms with Crippen LogP contribution < -0.4 is 10.0 Å². The summed E-state index contributed by atoms with van der Waals surface area (Å²) in [6.45, 7) is 4.49. The van der Waals surface area contributed by atoms with Crippen LogP contribution in [0.3, 0.4) is 0 Å². The topological polar surface area (TPSA) is 88.4 Å². The molecule has 1 amide bonds. The molecule has 1 atom stereocenters. The minimum absolute atomic E-state index is 0.0255. The Morgan fingerprint density at radius 2 is 1.92 bits per heavy atom. The van der Waals surface area contributed by atoms with Gasteiger partial charge in [0, 0.05) is 6.54 Å². The number of benzene rings is 1. The van der Waals surface area contributed by atoms with E-state index in [9.17, 15) is 13.2 Å². The van der Waals surface area contributed by atoms with E-state index in [4.69, 9.17) is 4.42 Å². The van der Waals surface area contributed by atoms with Crippen molar-refractivity contribution in [1.29, 1.82) is 0 Å². The molecule has 2 aromatic rings. The molecular weight excluding hydrogens is 340 g/mol. The van der Waals surface area contributed by atoms with Crippen molar-refractivity contribution in [3.8, 4) is 0 Å². The minimum Gasteiger partial charge on any atom is -0.468 e. The van der Waals surface area contributed by atoms with Crippen LogP contribution in [0.1, 0.15) is 43.6 Å². The van der Waals surface area contributed by atoms with Gasteiger partial charge in [-0.15, -0.1) is 0 Å². The smallest absolute Gasteiger partial charge is 0.241 e. The molecule has 0 saturated heterocycles. The minimum atomic E-state index is -3.76. The predicted octanol–water partition coefficient (Wildman–Crippen LogP) is 2.91. The molecule has 136 valence electrons. The Hall–Kier alpha value is -2.12. The third kappa shape index (κ3) is 5.72. The molecule has 6 nitrogen and oxygen atoms in total. The van der Waals surface area contributed by atoms with Crippen molar-refractivity contribution in [3.63, 3.8) is 0 Å². The Morgan fingerprint density at radius 1 is 1.20 bits per heavy atom. The van der Waals surface area contributed by atoms with E-state index < -0.39 is 16.1 Å². The maximum absolute atomic E-state index is 12.6. The van der Waals surface area contributed by atoms with Gasteiger partial charge in [-0.1, -0.05) is 31.0 Å². The van der Waals surface area contributed by atoms with E-state index in [1.165, 1.54) is 18.4 Å². The molecule has 0 aliphatic rings. The van der Waals surface area contributed by atoms with Crippen molar-refractivity contribution in [3.05, 3.63) is 54.0 Å². The third-order valence-electron chi connectivity index (χ3n) is 3.76. The Morgan fingerprint density at radius 3 is 2.52 bits per heavy atom. The molecule has 0 saturated carbocycles. The van der Waals surface area contributed by atoms with Gasteiger partial charge in [0.1, 0.15) is 5.76 Å². The first kappa shape index (κ1) is 19.2. The van der Waals surface area contributed by atoms with E-state index in [1.807, 2.05) is 13.8 Å². The number of carbonyl (C=O) groups excluding carboxylic acids is 1. The summed E-state index contributed by atoms with van der Waals surface area (Å²) in [5.74, 6) is 0.183. The zero-order valence-electron chi connectivity index (χ0n) is 14.5. The van der Waals surface area contributed by atoms with Crippen LogP contribution in [0, 0.1) is 6.92 Å². The fourth-order valence-electron chi connectivity index (χ4n) is 2.32. The second kappa shape index (κ2) is 8.82. The second-order valence-corrected chi connectivity index (χ2v) is 7.62. The molecule has 0 spiro atoms. The van der Waals surface area contributed by atoms with Crippen molar-refractivity contribution in [1.82, 2.24) is 10.0 Å². The van der Waals surface area contributed by atoms with E-state index >= 15 is 0 Å². The zero-order chi connectivity index (χ0) is 18.3. The summed E-state index contributed by atoms with van der Waals surface area (Å²) in [4.78, 5) is 12.3. The highest BCUT2D eigenvalue weighted by atomic mass is 32.2. The Balaban J connectivity index is 2.13. The summed E-state index contributed by atoms with van der Waals surface area (Å²) in [7, 11) is -3.76. The van der Waals surface area contributed by atoms with Crippen molar-refractivity contribution in [2.75, 3.05) is 6.54 Å². The number of furan rings is 1. The second-order valence-electron chi connectivity index (χ2n) is 5.91. The van der Waals surface area contributed by atoms with Gasteiger partial charge in [-0.05, 0) is 37.6 Å². The Bertz CT molecular complexity index is 768. The van der Waals surface area contributed by atoms with Crippen LogP contribution in [0.25, 0.3) is 0 Å². The van der Waals surface area contributed by atoms with Gasteiger partial charge in [-0.25, -0.2) is 8.42 Å². The number of unbranched alkanes of at least 4 members (excludes halogenated alkanes) is 1. The average molecular weight is 364 g/mol. The standard InChI is InChI=1S/C18H24N2O4S/c1-3-4-11-19-18(21)13-16(17-6-5-12-24-17)20-25(22,23)15-9-7-14(2)8-10-15/h5-10,12,16,20H,3-4,11,13H2,1-2H3,(H,19,21)/t16-/m1/s1. The number of sulfonamides is 1. The van der Waals surface area contributed by atoms with Crippen molar-refractivity contribution >= 4 is 15.9 Å². The third-order valence-corrected chi connectivity index (χ3v) is 5.24. The van der Waals surface area contributed by atoms with E-state index in [0.717, 1.165) is 18.4 Å². The number of nitrogens with one attached hydrogen (secondary N) is 2. The van der Waals surface area contributed by atoms with Crippen LogP contribution in [-0.2, 0) is 14.8 Å². The monoisotopic (exact) mass is 364 g/mol. The molecule has 1 aromatic heterocycles. The van der Waals surface area contributed by atoms with Gasteiger partial charge in [0.05, 0.1) is 23.6 Å². The lowest BCUT2D eigenvalue weighted by Crippen LogP contribution is -2.34. The zero-order valence-corrected chi connectivity index (χ0v) is 15.3. The van der Waals surface area contributed by atoms with E-state index in [2.05, 4.69) is 10.0 Å². The van der Waals surface area contributed by atoms with Gasteiger partial charge in [0.2, 0.25) is 15.9 Å². The molecule has 0 unspecified atom stereocenters. The summed E-state index contributed by atoms with van der Waals surface area (Å²) in [5.41, 5.74) is 0.969. The normalized spacial score (nSPS) is 12.7. The first-order chi connectivity index (χ1) is 11.9. The van der Waals surface area contributed by atoms with Crippen LogP contribution in [0.15, 0.2) is 52.0 Å². The van der Waals surface area contributed by atoms with Gasteiger partial charge >= 0.3 is 0 Å². The quantitative estimate of drug-likeness (QED) is 0.670. The highest BCUT2D eigenvalue weighted by Gasteiger charge is 2.25. The van der Waals surface area contributed by atoms with E-state index in [1.54, 1.807) is 24.3 Å². The Labute approximate surface area is 148 Å². The fraction of sp³-hybridized carbons (Fsp3) is 0.389. The summed E-state index contributed by atoms with van der Waals surface area (Å²) in [6, 6.07) is 9.10. The lowest BCUT2D eigenvalue weighted by molar-refractivity contribution is -0.121. The van der Waals surface area contributed by atoms with Gasteiger partial charge in [0.15, 0.2) is 0 Å². The number of amides is 1. The van der Waals surface area contributed by atoms with Crippen molar-refractivity contribution in [2.45, 2.75) is 44.0 Å². The Kier molecular flexibility index (Phi) is 6.78. The van der Waals surface area contributed by atoms with Crippen molar-refractivity contribution in [2.24, 2.45) is 0 Å². The molecule has 7 heteroatoms. The largest absolute Gasteiger partial charge is 0.468 e. The van der Waals surface area contributed by atoms with Crippen LogP contribution in [0.5, 0.6) is 0 Å².